The van der Waals surface area contributed by atoms with Gasteiger partial charge in [-0.1, -0.05) is 62.2 Å². The van der Waals surface area contributed by atoms with Gasteiger partial charge in [-0.05, 0) is 40.7 Å². The fourth-order valence-electron chi connectivity index (χ4n) is 3.40. The van der Waals surface area contributed by atoms with Crippen LogP contribution in [0.15, 0.2) is 42.5 Å². The number of nitrogens with two attached hydrogens (primary N) is 1. The highest BCUT2D eigenvalue weighted by molar-refractivity contribution is 5.87. The van der Waals surface area contributed by atoms with Crippen LogP contribution in [0.4, 0.5) is 0 Å². The van der Waals surface area contributed by atoms with Gasteiger partial charge in [0.15, 0.2) is 0 Å². The molecule has 0 spiro atoms. The monoisotopic (exact) mass is 278 g/mol. The Labute approximate surface area is 126 Å². The Kier molecular flexibility index (Phi) is 3.78. The average Bonchev–Trinajstić information content (AvgIpc) is 2.87. The Hall–Kier alpha value is -2.09. The van der Waals surface area contributed by atoms with Crippen LogP contribution < -0.4 is 5.73 Å². The number of unbranched alkanes of at least 4 members (excludes halogenated alkanes) is 1. The molecule has 2 aromatic rings. The summed E-state index contributed by atoms with van der Waals surface area (Å²) < 4.78 is 0. The normalized spacial score (nSPS) is 13.6. The Balaban J connectivity index is 2.04. The van der Waals surface area contributed by atoms with Gasteiger partial charge in [0.25, 0.3) is 0 Å². The maximum atomic E-state index is 7.97. The largest absolute Gasteiger partial charge is 0.387 e. The third kappa shape index (κ3) is 2.46. The summed E-state index contributed by atoms with van der Waals surface area (Å²) in [6, 6.07) is 15.1. The minimum absolute atomic E-state index is 0.0641. The van der Waals surface area contributed by atoms with Crippen LogP contribution >= 0.6 is 0 Å². The Morgan fingerprint density at radius 1 is 1.14 bits per heavy atom. The molecule has 1 aliphatic rings. The fraction of sp³-hybridized carbons (Fsp3) is 0.316. The maximum Gasteiger partial charge on any atom is 0.0982 e. The summed E-state index contributed by atoms with van der Waals surface area (Å²) >= 11 is 0. The molecule has 2 heteroatoms. The molecule has 0 radical (unpaired) electrons. The molecule has 0 heterocycles. The van der Waals surface area contributed by atoms with Crippen LogP contribution in [0.25, 0.3) is 11.1 Å². The zero-order valence-corrected chi connectivity index (χ0v) is 12.5. The molecular formula is C19H22N2. The van der Waals surface area contributed by atoms with Crippen LogP contribution in [-0.4, -0.2) is 5.84 Å². The first kappa shape index (κ1) is 13.9. The first-order chi connectivity index (χ1) is 10.2. The second-order valence-corrected chi connectivity index (χ2v) is 5.86. The highest BCUT2D eigenvalue weighted by Gasteiger charge is 2.25. The van der Waals surface area contributed by atoms with Gasteiger partial charge in [-0.25, -0.2) is 0 Å². The number of amidine groups is 1. The topological polar surface area (TPSA) is 49.9 Å². The van der Waals surface area contributed by atoms with Gasteiger partial charge in [-0.15, -0.1) is 0 Å². The highest BCUT2D eigenvalue weighted by Crippen LogP contribution is 2.40. The first-order valence-corrected chi connectivity index (χ1v) is 7.76. The van der Waals surface area contributed by atoms with E-state index in [1.807, 2.05) is 0 Å². The van der Waals surface area contributed by atoms with Gasteiger partial charge < -0.3 is 5.73 Å². The van der Waals surface area contributed by atoms with Gasteiger partial charge in [0.05, 0.1) is 5.84 Å². The fourth-order valence-corrected chi connectivity index (χ4v) is 3.40. The molecule has 2 nitrogen and oxygen atoms in total. The van der Waals surface area contributed by atoms with Crippen LogP contribution in [0.2, 0.25) is 0 Å². The molecule has 0 amide bonds. The Bertz CT molecular complexity index is 673. The van der Waals surface area contributed by atoms with Crippen molar-refractivity contribution in [1.29, 1.82) is 5.41 Å². The molecule has 1 aliphatic carbocycles. The van der Waals surface area contributed by atoms with E-state index < -0.39 is 0 Å². The molecule has 0 bridgehead atoms. The van der Waals surface area contributed by atoms with Crippen LogP contribution in [0.1, 0.15) is 48.8 Å². The van der Waals surface area contributed by atoms with E-state index in [9.17, 15) is 0 Å². The molecule has 2 aromatic carbocycles. The molecule has 0 saturated heterocycles. The number of hydrogen-bond donors (Lipinski definition) is 2. The SMILES string of the molecule is CCCCC(C(=N)N)c1cccc2c1Cc1ccccc1-2. The molecule has 0 aromatic heterocycles. The lowest BCUT2D eigenvalue weighted by Crippen LogP contribution is -2.21. The van der Waals surface area contributed by atoms with E-state index in [0.717, 1.165) is 25.7 Å². The van der Waals surface area contributed by atoms with Gasteiger partial charge in [0.2, 0.25) is 0 Å². The van der Waals surface area contributed by atoms with Crippen LogP contribution in [0, 0.1) is 5.41 Å². The molecule has 0 saturated carbocycles. The van der Waals surface area contributed by atoms with E-state index in [4.69, 9.17) is 11.1 Å². The third-order valence-electron chi connectivity index (χ3n) is 4.48. The molecule has 108 valence electrons. The van der Waals surface area contributed by atoms with E-state index in [-0.39, 0.29) is 5.92 Å². The Morgan fingerprint density at radius 3 is 2.67 bits per heavy atom. The highest BCUT2D eigenvalue weighted by atomic mass is 14.7. The van der Waals surface area contributed by atoms with Crippen molar-refractivity contribution >= 4 is 5.84 Å². The quantitative estimate of drug-likeness (QED) is 0.525. The molecule has 1 unspecified atom stereocenters. The number of nitrogens with one attached hydrogen (secondary N) is 1. The van der Waals surface area contributed by atoms with E-state index in [2.05, 4.69) is 49.4 Å². The standard InChI is InChI=1S/C19H22N2/c1-2-3-8-17(19(20)21)16-11-6-10-15-14-9-5-4-7-13(14)12-18(15)16/h4-7,9-11,17H,2-3,8,12H2,1H3,(H3,20,21). The van der Waals surface area contributed by atoms with Crippen molar-refractivity contribution in [3.8, 4) is 11.1 Å². The predicted octanol–water partition coefficient (Wildman–Crippen LogP) is 4.47. The van der Waals surface area contributed by atoms with Gasteiger partial charge in [0, 0.05) is 5.92 Å². The summed E-state index contributed by atoms with van der Waals surface area (Å²) in [5, 5.41) is 7.97. The second-order valence-electron chi connectivity index (χ2n) is 5.86. The summed E-state index contributed by atoms with van der Waals surface area (Å²) in [6.45, 7) is 2.18. The lowest BCUT2D eigenvalue weighted by Gasteiger charge is -2.19. The number of benzene rings is 2. The van der Waals surface area contributed by atoms with Gasteiger partial charge in [-0.3, -0.25) is 5.41 Å². The predicted molar refractivity (Wildman–Crippen MR) is 88.9 cm³/mol. The molecule has 0 aliphatic heterocycles. The van der Waals surface area contributed by atoms with E-state index in [1.54, 1.807) is 0 Å². The first-order valence-electron chi connectivity index (χ1n) is 7.76. The van der Waals surface area contributed by atoms with Crippen molar-refractivity contribution in [3.63, 3.8) is 0 Å². The second kappa shape index (κ2) is 5.72. The zero-order chi connectivity index (χ0) is 14.8. The van der Waals surface area contributed by atoms with Gasteiger partial charge in [-0.2, -0.15) is 0 Å². The van der Waals surface area contributed by atoms with Crippen LogP contribution in [0.5, 0.6) is 0 Å². The Morgan fingerprint density at radius 2 is 1.90 bits per heavy atom. The molecule has 3 rings (SSSR count). The van der Waals surface area contributed by atoms with E-state index >= 15 is 0 Å². The minimum atomic E-state index is 0.0641. The third-order valence-corrected chi connectivity index (χ3v) is 4.48. The van der Waals surface area contributed by atoms with Gasteiger partial charge >= 0.3 is 0 Å². The zero-order valence-electron chi connectivity index (χ0n) is 12.5. The van der Waals surface area contributed by atoms with Crippen molar-refractivity contribution in [2.24, 2.45) is 5.73 Å². The molecule has 21 heavy (non-hydrogen) atoms. The molecule has 1 atom stereocenters. The van der Waals surface area contributed by atoms with Crippen LogP contribution in [-0.2, 0) is 6.42 Å². The number of hydrogen-bond acceptors (Lipinski definition) is 1. The summed E-state index contributed by atoms with van der Waals surface area (Å²) in [4.78, 5) is 0. The van der Waals surface area contributed by atoms with E-state index in [1.165, 1.54) is 27.8 Å². The van der Waals surface area contributed by atoms with Crippen molar-refractivity contribution in [2.45, 2.75) is 38.5 Å². The molecule has 3 N–H and O–H groups in total. The average molecular weight is 278 g/mol. The van der Waals surface area contributed by atoms with Crippen molar-refractivity contribution < 1.29 is 0 Å². The minimum Gasteiger partial charge on any atom is -0.387 e. The van der Waals surface area contributed by atoms with Crippen molar-refractivity contribution in [3.05, 3.63) is 59.2 Å². The van der Waals surface area contributed by atoms with Crippen molar-refractivity contribution in [2.75, 3.05) is 0 Å². The van der Waals surface area contributed by atoms with E-state index in [0.29, 0.717) is 5.84 Å². The molecule has 0 fully saturated rings. The smallest absolute Gasteiger partial charge is 0.0982 e. The summed E-state index contributed by atoms with van der Waals surface area (Å²) in [5.41, 5.74) is 12.6. The van der Waals surface area contributed by atoms with Gasteiger partial charge in [0.1, 0.15) is 0 Å². The lowest BCUT2D eigenvalue weighted by atomic mass is 9.87. The summed E-state index contributed by atoms with van der Waals surface area (Å²) in [7, 11) is 0. The number of rotatable bonds is 5. The lowest BCUT2D eigenvalue weighted by molar-refractivity contribution is 0.676. The summed E-state index contributed by atoms with van der Waals surface area (Å²) in [5.74, 6) is 0.363. The maximum absolute atomic E-state index is 7.97. The summed E-state index contributed by atoms with van der Waals surface area (Å²) in [6.07, 6.45) is 4.19. The number of fused-ring (bicyclic) bond motifs is 3. The molecular weight excluding hydrogens is 256 g/mol. The van der Waals surface area contributed by atoms with Crippen molar-refractivity contribution in [1.82, 2.24) is 0 Å². The van der Waals surface area contributed by atoms with Crippen LogP contribution in [0.3, 0.4) is 0 Å².